The minimum Gasteiger partial charge on any atom is -0.383 e. The van der Waals surface area contributed by atoms with Crippen LogP contribution in [-0.2, 0) is 7.05 Å². The Labute approximate surface area is 128 Å². The number of H-pyrrole nitrogens is 1. The fraction of sp³-hybridized carbons (Fsp3) is 0.158. The molecule has 0 saturated heterocycles. The monoisotopic (exact) mass is 290 g/mol. The second-order valence-electron chi connectivity index (χ2n) is 5.86. The molecule has 2 heterocycles. The van der Waals surface area contributed by atoms with Crippen LogP contribution in [0, 0.1) is 6.92 Å². The Balaban J connectivity index is 1.92. The second-order valence-corrected chi connectivity index (χ2v) is 5.86. The molecule has 22 heavy (non-hydrogen) atoms. The summed E-state index contributed by atoms with van der Waals surface area (Å²) in [5.74, 6) is 0. The minimum atomic E-state index is -0.637. The Kier molecular flexibility index (Phi) is 2.84. The Hall–Kier alpha value is -2.52. The van der Waals surface area contributed by atoms with E-state index < -0.39 is 6.10 Å². The van der Waals surface area contributed by atoms with Crippen molar-refractivity contribution in [2.75, 3.05) is 0 Å². The lowest BCUT2D eigenvalue weighted by Crippen LogP contribution is -1.98. The molecule has 1 atom stereocenters. The van der Waals surface area contributed by atoms with Crippen LogP contribution >= 0.6 is 0 Å². The van der Waals surface area contributed by atoms with Crippen LogP contribution in [0.4, 0.5) is 0 Å². The zero-order valence-corrected chi connectivity index (χ0v) is 12.7. The Morgan fingerprint density at radius 1 is 1.00 bits per heavy atom. The van der Waals surface area contributed by atoms with E-state index in [0.717, 1.165) is 32.9 Å². The van der Waals surface area contributed by atoms with Crippen molar-refractivity contribution in [3.63, 3.8) is 0 Å². The van der Waals surface area contributed by atoms with Crippen LogP contribution in [0.2, 0.25) is 0 Å². The van der Waals surface area contributed by atoms with Gasteiger partial charge < -0.3 is 14.7 Å². The number of hydrogen-bond donors (Lipinski definition) is 2. The first-order chi connectivity index (χ1) is 10.7. The molecule has 0 amide bonds. The Morgan fingerprint density at radius 2 is 1.77 bits per heavy atom. The van der Waals surface area contributed by atoms with Crippen molar-refractivity contribution >= 4 is 21.8 Å². The van der Waals surface area contributed by atoms with Gasteiger partial charge in [0.2, 0.25) is 0 Å². The predicted octanol–water partition coefficient (Wildman–Crippen LogP) is 4.05. The van der Waals surface area contributed by atoms with Gasteiger partial charge in [-0.2, -0.15) is 0 Å². The average Bonchev–Trinajstić information content (AvgIpc) is 3.10. The number of aryl methyl sites for hydroxylation is 2. The molecule has 0 aliphatic carbocycles. The quantitative estimate of drug-likeness (QED) is 0.574. The summed E-state index contributed by atoms with van der Waals surface area (Å²) in [5.41, 5.74) is 5.29. The number of fused-ring (bicyclic) bond motifs is 2. The molecule has 0 aliphatic rings. The highest BCUT2D eigenvalue weighted by molar-refractivity contribution is 5.89. The highest BCUT2D eigenvalue weighted by Gasteiger charge is 2.19. The van der Waals surface area contributed by atoms with Crippen LogP contribution in [-0.4, -0.2) is 14.7 Å². The van der Waals surface area contributed by atoms with Crippen molar-refractivity contribution < 1.29 is 5.11 Å². The average molecular weight is 290 g/mol. The maximum absolute atomic E-state index is 10.9. The number of aliphatic hydroxyl groups is 1. The molecule has 0 saturated carbocycles. The predicted molar refractivity (Wildman–Crippen MR) is 90.0 cm³/mol. The summed E-state index contributed by atoms with van der Waals surface area (Å²) >= 11 is 0. The summed E-state index contributed by atoms with van der Waals surface area (Å²) in [5, 5.41) is 13.1. The highest BCUT2D eigenvalue weighted by Crippen LogP contribution is 2.34. The molecule has 0 bridgehead atoms. The largest absolute Gasteiger partial charge is 0.383 e. The van der Waals surface area contributed by atoms with Crippen LogP contribution in [0.1, 0.15) is 22.8 Å². The maximum atomic E-state index is 10.9. The molecule has 110 valence electrons. The number of benzene rings is 2. The highest BCUT2D eigenvalue weighted by atomic mass is 16.3. The number of nitrogens with zero attached hydrogens (tertiary/aromatic N) is 1. The number of nitrogens with one attached hydrogen (secondary N) is 1. The van der Waals surface area contributed by atoms with E-state index in [1.54, 1.807) is 0 Å². The lowest BCUT2D eigenvalue weighted by Gasteiger charge is -2.09. The molecule has 0 aliphatic heterocycles. The lowest BCUT2D eigenvalue weighted by molar-refractivity contribution is 0.223. The van der Waals surface area contributed by atoms with E-state index in [4.69, 9.17) is 0 Å². The number of para-hydroxylation sites is 2. The van der Waals surface area contributed by atoms with Gasteiger partial charge in [-0.05, 0) is 18.6 Å². The molecule has 3 nitrogen and oxygen atoms in total. The van der Waals surface area contributed by atoms with Gasteiger partial charge in [-0.1, -0.05) is 36.4 Å². The molecular weight excluding hydrogens is 272 g/mol. The molecule has 2 aromatic heterocycles. The lowest BCUT2D eigenvalue weighted by atomic mass is 9.99. The molecule has 2 aromatic carbocycles. The summed E-state index contributed by atoms with van der Waals surface area (Å²) in [4.78, 5) is 3.30. The van der Waals surface area contributed by atoms with Crippen molar-refractivity contribution in [3.8, 4) is 0 Å². The third-order valence-electron chi connectivity index (χ3n) is 4.47. The van der Waals surface area contributed by atoms with Crippen molar-refractivity contribution in [2.24, 2.45) is 7.05 Å². The summed E-state index contributed by atoms with van der Waals surface area (Å²) < 4.78 is 2.06. The fourth-order valence-corrected chi connectivity index (χ4v) is 3.31. The molecular formula is C19H18N2O. The van der Waals surface area contributed by atoms with Gasteiger partial charge in [0.25, 0.3) is 0 Å². The van der Waals surface area contributed by atoms with Gasteiger partial charge in [0.15, 0.2) is 0 Å². The number of hydrogen-bond acceptors (Lipinski definition) is 1. The van der Waals surface area contributed by atoms with Gasteiger partial charge in [0.1, 0.15) is 6.10 Å². The molecule has 0 spiro atoms. The molecule has 0 radical (unpaired) electrons. The van der Waals surface area contributed by atoms with E-state index in [0.29, 0.717) is 0 Å². The Morgan fingerprint density at radius 3 is 2.64 bits per heavy atom. The number of aromatic nitrogens is 2. The standard InChI is InChI=1S/C19H18N2O/c1-12-6-5-8-14-15(10-20-18(12)14)19(22)16-11-21(2)17-9-4-3-7-13(16)17/h3-11,19-20,22H,1-2H3. The molecule has 4 rings (SSSR count). The first-order valence-corrected chi connectivity index (χ1v) is 7.45. The van der Waals surface area contributed by atoms with E-state index in [9.17, 15) is 5.11 Å². The summed E-state index contributed by atoms with van der Waals surface area (Å²) in [6.45, 7) is 2.08. The topological polar surface area (TPSA) is 41.0 Å². The molecule has 3 heteroatoms. The molecule has 0 fully saturated rings. The van der Waals surface area contributed by atoms with Gasteiger partial charge in [0.05, 0.1) is 0 Å². The molecule has 2 N–H and O–H groups in total. The smallest absolute Gasteiger partial charge is 0.108 e. The van der Waals surface area contributed by atoms with Crippen LogP contribution in [0.5, 0.6) is 0 Å². The van der Waals surface area contributed by atoms with Gasteiger partial charge in [-0.15, -0.1) is 0 Å². The normalized spacial score (nSPS) is 13.0. The molecule has 1 unspecified atom stereocenters. The van der Waals surface area contributed by atoms with Gasteiger partial charge in [0, 0.05) is 52.4 Å². The second kappa shape index (κ2) is 4.75. The van der Waals surface area contributed by atoms with E-state index in [1.807, 2.05) is 37.6 Å². The zero-order chi connectivity index (χ0) is 15.3. The first kappa shape index (κ1) is 13.2. The summed E-state index contributed by atoms with van der Waals surface area (Å²) in [6.07, 6.45) is 3.30. The minimum absolute atomic E-state index is 0.637. The van der Waals surface area contributed by atoms with Crippen LogP contribution in [0.15, 0.2) is 54.9 Å². The summed E-state index contributed by atoms with van der Waals surface area (Å²) in [6, 6.07) is 14.3. The van der Waals surface area contributed by atoms with E-state index in [1.165, 1.54) is 5.56 Å². The number of rotatable bonds is 2. The number of aliphatic hydroxyl groups excluding tert-OH is 1. The van der Waals surface area contributed by atoms with Crippen molar-refractivity contribution in [1.29, 1.82) is 0 Å². The fourth-order valence-electron chi connectivity index (χ4n) is 3.31. The van der Waals surface area contributed by atoms with Crippen molar-refractivity contribution in [2.45, 2.75) is 13.0 Å². The van der Waals surface area contributed by atoms with E-state index in [2.05, 4.69) is 40.7 Å². The van der Waals surface area contributed by atoms with Gasteiger partial charge in [-0.25, -0.2) is 0 Å². The van der Waals surface area contributed by atoms with E-state index in [-0.39, 0.29) is 0 Å². The van der Waals surface area contributed by atoms with Crippen molar-refractivity contribution in [1.82, 2.24) is 9.55 Å². The Bertz CT molecular complexity index is 978. The zero-order valence-electron chi connectivity index (χ0n) is 12.7. The first-order valence-electron chi connectivity index (χ1n) is 7.45. The number of aromatic amines is 1. The SMILES string of the molecule is Cc1cccc2c(C(O)c3cn(C)c4ccccc34)c[nH]c12. The van der Waals surface area contributed by atoms with Crippen LogP contribution < -0.4 is 0 Å². The third-order valence-corrected chi connectivity index (χ3v) is 4.47. The van der Waals surface area contributed by atoms with Crippen molar-refractivity contribution in [3.05, 3.63) is 71.5 Å². The van der Waals surface area contributed by atoms with Crippen LogP contribution in [0.25, 0.3) is 21.8 Å². The third kappa shape index (κ3) is 1.79. The maximum Gasteiger partial charge on any atom is 0.108 e. The van der Waals surface area contributed by atoms with E-state index >= 15 is 0 Å². The van der Waals surface area contributed by atoms with Gasteiger partial charge >= 0.3 is 0 Å². The summed E-state index contributed by atoms with van der Waals surface area (Å²) in [7, 11) is 2.01. The van der Waals surface area contributed by atoms with Gasteiger partial charge in [-0.3, -0.25) is 0 Å². The van der Waals surface area contributed by atoms with Crippen LogP contribution in [0.3, 0.4) is 0 Å². The molecule has 4 aromatic rings.